The van der Waals surface area contributed by atoms with Crippen molar-refractivity contribution >= 4 is 22.7 Å². The van der Waals surface area contributed by atoms with E-state index in [9.17, 15) is 9.90 Å². The van der Waals surface area contributed by atoms with Gasteiger partial charge in [0.1, 0.15) is 0 Å². The maximum atomic E-state index is 11.0. The average molecular weight is 233 g/mol. The molecule has 6 nitrogen and oxygen atoms in total. The van der Waals surface area contributed by atoms with Crippen molar-refractivity contribution in [1.29, 1.82) is 0 Å². The van der Waals surface area contributed by atoms with Crippen LogP contribution in [-0.4, -0.2) is 22.8 Å². The summed E-state index contributed by atoms with van der Waals surface area (Å²) in [6.07, 6.45) is -0.780. The van der Waals surface area contributed by atoms with Crippen LogP contribution in [0.5, 0.6) is 5.88 Å². The number of H-pyrrole nitrogens is 1. The third-order valence-corrected chi connectivity index (χ3v) is 2.16. The van der Waals surface area contributed by atoms with Crippen LogP contribution in [0.3, 0.4) is 0 Å². The van der Waals surface area contributed by atoms with Crippen molar-refractivity contribution in [3.05, 3.63) is 24.3 Å². The number of aromatic hydroxyl groups is 1. The summed E-state index contributed by atoms with van der Waals surface area (Å²) in [6.45, 7) is 1.91. The first kappa shape index (κ1) is 11.1. The number of hydrogen-bond acceptors (Lipinski definition) is 4. The van der Waals surface area contributed by atoms with Crippen molar-refractivity contribution in [1.82, 2.24) is 4.98 Å². The first-order valence-electron chi connectivity index (χ1n) is 5.10. The van der Waals surface area contributed by atoms with Crippen LogP contribution in [-0.2, 0) is 4.74 Å². The van der Waals surface area contributed by atoms with Gasteiger partial charge in [0, 0.05) is 5.39 Å². The summed E-state index contributed by atoms with van der Waals surface area (Å²) in [5.74, 6) is -0.126. The molecule has 1 heterocycles. The molecular formula is C11H11N3O3. The lowest BCUT2D eigenvalue weighted by Crippen LogP contribution is -1.95. The molecular weight excluding hydrogens is 222 g/mol. The monoisotopic (exact) mass is 233 g/mol. The van der Waals surface area contributed by atoms with Gasteiger partial charge in [0.2, 0.25) is 5.88 Å². The minimum atomic E-state index is -0.780. The van der Waals surface area contributed by atoms with Crippen molar-refractivity contribution in [3.8, 4) is 5.88 Å². The van der Waals surface area contributed by atoms with Crippen LogP contribution >= 0.6 is 0 Å². The van der Waals surface area contributed by atoms with Crippen molar-refractivity contribution in [2.45, 2.75) is 6.92 Å². The van der Waals surface area contributed by atoms with E-state index in [0.717, 1.165) is 5.52 Å². The van der Waals surface area contributed by atoms with Crippen LogP contribution in [0.2, 0.25) is 0 Å². The van der Waals surface area contributed by atoms with Gasteiger partial charge in [-0.25, -0.2) is 4.79 Å². The highest BCUT2D eigenvalue weighted by Crippen LogP contribution is 2.35. The lowest BCUT2D eigenvalue weighted by atomic mass is 10.2. The Morgan fingerprint density at radius 1 is 1.47 bits per heavy atom. The lowest BCUT2D eigenvalue weighted by Gasteiger charge is -1.93. The molecule has 0 spiro atoms. The Morgan fingerprint density at radius 2 is 2.24 bits per heavy atom. The molecule has 6 heteroatoms. The number of carbonyl (C=O) groups is 1. The number of ether oxygens (including phenoxy) is 1. The standard InChI is InChI=1S/C11H11N3O3/c1-2-17-11(16)14-13-9-7-5-3-4-6-8(7)12-10(9)15/h3-6,12,15H,2H2,1H3/b14-13+. The Kier molecular flexibility index (Phi) is 3.04. The molecule has 0 radical (unpaired) electrons. The summed E-state index contributed by atoms with van der Waals surface area (Å²) < 4.78 is 4.60. The van der Waals surface area contributed by atoms with Gasteiger partial charge in [-0.15, -0.1) is 5.11 Å². The molecule has 0 atom stereocenters. The second-order valence-electron chi connectivity index (χ2n) is 3.27. The summed E-state index contributed by atoms with van der Waals surface area (Å²) in [4.78, 5) is 13.7. The van der Waals surface area contributed by atoms with Gasteiger partial charge in [0.05, 0.1) is 12.1 Å². The average Bonchev–Trinajstić information content (AvgIpc) is 2.62. The molecule has 0 bridgehead atoms. The van der Waals surface area contributed by atoms with E-state index in [1.54, 1.807) is 25.1 Å². The smallest absolute Gasteiger partial charge is 0.452 e. The molecule has 88 valence electrons. The molecule has 2 rings (SSSR count). The van der Waals surface area contributed by atoms with Crippen molar-refractivity contribution in [3.63, 3.8) is 0 Å². The molecule has 0 aliphatic heterocycles. The first-order chi connectivity index (χ1) is 8.22. The van der Waals surface area contributed by atoms with E-state index in [1.807, 2.05) is 6.07 Å². The maximum Gasteiger partial charge on any atom is 0.452 e. The highest BCUT2D eigenvalue weighted by atomic mass is 16.5. The normalized spacial score (nSPS) is 11.1. The maximum absolute atomic E-state index is 11.0. The molecule has 1 amide bonds. The second kappa shape index (κ2) is 4.65. The topological polar surface area (TPSA) is 87.0 Å². The second-order valence-corrected chi connectivity index (χ2v) is 3.27. The zero-order chi connectivity index (χ0) is 12.3. The van der Waals surface area contributed by atoms with Crippen LogP contribution in [0, 0.1) is 0 Å². The molecule has 0 saturated heterocycles. The summed E-state index contributed by atoms with van der Waals surface area (Å²) in [7, 11) is 0. The summed E-state index contributed by atoms with van der Waals surface area (Å²) in [5.41, 5.74) is 0.955. The van der Waals surface area contributed by atoms with Crippen molar-refractivity contribution in [2.24, 2.45) is 10.2 Å². The van der Waals surface area contributed by atoms with Crippen LogP contribution in [0.25, 0.3) is 10.9 Å². The van der Waals surface area contributed by atoms with Crippen LogP contribution in [0.1, 0.15) is 6.92 Å². The predicted molar refractivity (Wildman–Crippen MR) is 61.5 cm³/mol. The number of aromatic amines is 1. The minimum absolute atomic E-state index is 0.126. The van der Waals surface area contributed by atoms with Crippen molar-refractivity contribution in [2.75, 3.05) is 6.61 Å². The zero-order valence-corrected chi connectivity index (χ0v) is 9.17. The van der Waals surface area contributed by atoms with Gasteiger partial charge in [-0.05, 0) is 13.0 Å². The Morgan fingerprint density at radius 3 is 3.00 bits per heavy atom. The van der Waals surface area contributed by atoms with Gasteiger partial charge in [0.15, 0.2) is 5.69 Å². The number of nitrogens with one attached hydrogen (secondary N) is 1. The first-order valence-corrected chi connectivity index (χ1v) is 5.10. The van der Waals surface area contributed by atoms with E-state index < -0.39 is 6.09 Å². The fourth-order valence-electron chi connectivity index (χ4n) is 1.46. The quantitative estimate of drug-likeness (QED) is 0.781. The fraction of sp³-hybridized carbons (Fsp3) is 0.182. The Balaban J connectivity index is 2.35. The number of benzene rings is 1. The van der Waals surface area contributed by atoms with E-state index >= 15 is 0 Å². The molecule has 0 unspecified atom stereocenters. The minimum Gasteiger partial charge on any atom is -0.493 e. The van der Waals surface area contributed by atoms with Gasteiger partial charge in [0.25, 0.3) is 0 Å². The SMILES string of the molecule is CCOC(=O)/N=N/c1c(O)[nH]c2ccccc12. The number of nitrogens with zero attached hydrogens (tertiary/aromatic N) is 2. The van der Waals surface area contributed by atoms with Gasteiger partial charge in [-0.1, -0.05) is 23.3 Å². The third-order valence-electron chi connectivity index (χ3n) is 2.16. The summed E-state index contributed by atoms with van der Waals surface area (Å²) >= 11 is 0. The number of amides is 1. The van der Waals surface area contributed by atoms with Gasteiger partial charge >= 0.3 is 6.09 Å². The number of hydrogen-bond donors (Lipinski definition) is 2. The number of rotatable bonds is 2. The van der Waals surface area contributed by atoms with Crippen LogP contribution < -0.4 is 0 Å². The molecule has 0 saturated carbocycles. The molecule has 1 aromatic heterocycles. The van der Waals surface area contributed by atoms with Gasteiger partial charge in [-0.3, -0.25) is 0 Å². The van der Waals surface area contributed by atoms with E-state index in [2.05, 4.69) is 19.9 Å². The molecule has 1 aromatic carbocycles. The van der Waals surface area contributed by atoms with Crippen LogP contribution in [0.15, 0.2) is 34.5 Å². The predicted octanol–water partition coefficient (Wildman–Crippen LogP) is 3.11. The number of fused-ring (bicyclic) bond motifs is 1. The molecule has 0 aliphatic rings. The van der Waals surface area contributed by atoms with E-state index in [0.29, 0.717) is 5.39 Å². The summed E-state index contributed by atoms with van der Waals surface area (Å²) in [6, 6.07) is 7.19. The summed E-state index contributed by atoms with van der Waals surface area (Å²) in [5, 5.41) is 17.3. The fourth-order valence-corrected chi connectivity index (χ4v) is 1.46. The third kappa shape index (κ3) is 2.25. The largest absolute Gasteiger partial charge is 0.493 e. The van der Waals surface area contributed by atoms with Gasteiger partial charge in [-0.2, -0.15) is 0 Å². The number of para-hydroxylation sites is 1. The highest BCUT2D eigenvalue weighted by molar-refractivity contribution is 5.94. The van der Waals surface area contributed by atoms with E-state index in [1.165, 1.54) is 0 Å². The Bertz CT molecular complexity index is 574. The number of azo groups is 1. The van der Waals surface area contributed by atoms with E-state index in [4.69, 9.17) is 0 Å². The Labute approximate surface area is 96.9 Å². The van der Waals surface area contributed by atoms with Crippen LogP contribution in [0.4, 0.5) is 10.5 Å². The highest BCUT2D eigenvalue weighted by Gasteiger charge is 2.10. The number of carbonyl (C=O) groups excluding carboxylic acids is 1. The molecule has 2 aromatic rings. The Hall–Kier alpha value is -2.37. The molecule has 2 N–H and O–H groups in total. The molecule has 0 aliphatic carbocycles. The molecule has 17 heavy (non-hydrogen) atoms. The number of aromatic nitrogens is 1. The zero-order valence-electron chi connectivity index (χ0n) is 9.17. The lowest BCUT2D eigenvalue weighted by molar-refractivity contribution is 0.162. The van der Waals surface area contributed by atoms with E-state index in [-0.39, 0.29) is 18.2 Å². The van der Waals surface area contributed by atoms with Crippen molar-refractivity contribution < 1.29 is 14.6 Å². The molecule has 0 fully saturated rings. The van der Waals surface area contributed by atoms with Gasteiger partial charge < -0.3 is 14.8 Å².